The monoisotopic (exact) mass is 175 g/mol. The van der Waals surface area contributed by atoms with Crippen LogP contribution in [0.2, 0.25) is 0 Å². The Bertz CT molecular complexity index is 135. The molecule has 0 bridgehead atoms. The number of hydrogen-bond acceptors (Lipinski definition) is 2. The Morgan fingerprint density at radius 1 is 1.36 bits per heavy atom. The van der Waals surface area contributed by atoms with Gasteiger partial charge in [-0.2, -0.15) is 0 Å². The maximum Gasteiger partial charge on any atom is 0.494 e. The van der Waals surface area contributed by atoms with Gasteiger partial charge in [0.05, 0.1) is 0 Å². The fourth-order valence-electron chi connectivity index (χ4n) is 1.56. The van der Waals surface area contributed by atoms with Crippen LogP contribution in [0, 0.1) is 5.41 Å². The highest BCUT2D eigenvalue weighted by molar-refractivity contribution is 7.17. The van der Waals surface area contributed by atoms with E-state index in [9.17, 15) is 4.57 Å². The van der Waals surface area contributed by atoms with Gasteiger partial charge in [-0.15, -0.1) is 4.52 Å². The summed E-state index contributed by atoms with van der Waals surface area (Å²) in [4.78, 5) is 0. The fraction of sp³-hybridized carbons (Fsp3) is 1.00. The second-order valence-corrected chi connectivity index (χ2v) is 4.47. The van der Waals surface area contributed by atoms with Crippen LogP contribution in [0.4, 0.5) is 0 Å². The van der Waals surface area contributed by atoms with Crippen LogP contribution in [-0.2, 0) is 9.09 Å². The molecule has 0 saturated heterocycles. The van der Waals surface area contributed by atoms with Crippen LogP contribution in [0.15, 0.2) is 0 Å². The van der Waals surface area contributed by atoms with Gasteiger partial charge >= 0.3 is 8.69 Å². The lowest BCUT2D eigenvalue weighted by Crippen LogP contribution is -2.24. The minimum atomic E-state index is -0.579. The first-order valence-electron chi connectivity index (χ1n) is 4.17. The Morgan fingerprint density at radius 2 is 1.91 bits per heavy atom. The van der Waals surface area contributed by atoms with Gasteiger partial charge in [0.1, 0.15) is 6.10 Å². The quantitative estimate of drug-likeness (QED) is 0.603. The molecule has 3 heteroatoms. The molecule has 1 aliphatic carbocycles. The van der Waals surface area contributed by atoms with E-state index in [0.717, 1.165) is 12.8 Å². The summed E-state index contributed by atoms with van der Waals surface area (Å²) in [7, 11) is -0.579. The Kier molecular flexibility index (Phi) is 3.03. The molecule has 2 nitrogen and oxygen atoms in total. The summed E-state index contributed by atoms with van der Waals surface area (Å²) < 4.78 is 15.2. The zero-order valence-corrected chi connectivity index (χ0v) is 8.22. The Morgan fingerprint density at radius 3 is 2.36 bits per heavy atom. The standard InChI is InChI=1S/C8H16O2P/c1-8(2)5-3-7(4-6-8)10-11-9/h7,11H,3-6H2,1-2H3/q+1. The first-order chi connectivity index (χ1) is 5.14. The summed E-state index contributed by atoms with van der Waals surface area (Å²) in [6, 6.07) is 0. The number of hydrogen-bond donors (Lipinski definition) is 0. The zero-order valence-electron chi connectivity index (χ0n) is 7.22. The molecule has 0 aromatic heterocycles. The molecule has 1 aliphatic rings. The van der Waals surface area contributed by atoms with Crippen LogP contribution >= 0.6 is 8.69 Å². The average molecular weight is 175 g/mol. The molecule has 0 radical (unpaired) electrons. The molecule has 0 N–H and O–H groups in total. The molecule has 1 fully saturated rings. The van der Waals surface area contributed by atoms with Gasteiger partial charge in [-0.1, -0.05) is 13.8 Å². The second kappa shape index (κ2) is 3.64. The lowest BCUT2D eigenvalue weighted by molar-refractivity contribution is 0.110. The van der Waals surface area contributed by atoms with Gasteiger partial charge in [-0.25, -0.2) is 0 Å². The summed E-state index contributed by atoms with van der Waals surface area (Å²) >= 11 is 0. The van der Waals surface area contributed by atoms with E-state index in [1.165, 1.54) is 12.8 Å². The minimum Gasteiger partial charge on any atom is -0.145 e. The van der Waals surface area contributed by atoms with Gasteiger partial charge in [-0.3, -0.25) is 0 Å². The topological polar surface area (TPSA) is 26.3 Å². The minimum absolute atomic E-state index is 0.263. The van der Waals surface area contributed by atoms with Gasteiger partial charge in [0.25, 0.3) is 0 Å². The highest BCUT2D eigenvalue weighted by atomic mass is 31.1. The van der Waals surface area contributed by atoms with Crippen molar-refractivity contribution in [2.75, 3.05) is 0 Å². The van der Waals surface area contributed by atoms with Crippen molar-refractivity contribution >= 4 is 8.69 Å². The van der Waals surface area contributed by atoms with Crippen LogP contribution in [0.1, 0.15) is 39.5 Å². The van der Waals surface area contributed by atoms with Crippen molar-refractivity contribution in [2.24, 2.45) is 5.41 Å². The Hall–Kier alpha value is 0.0600. The molecule has 1 saturated carbocycles. The molecule has 0 amide bonds. The Balaban J connectivity index is 2.30. The lowest BCUT2D eigenvalue weighted by atomic mass is 9.76. The highest BCUT2D eigenvalue weighted by Gasteiger charge is 2.28. The van der Waals surface area contributed by atoms with E-state index in [1.54, 1.807) is 0 Å². The molecular formula is C8H16O2P+. The van der Waals surface area contributed by atoms with Gasteiger partial charge in [0.15, 0.2) is 0 Å². The summed E-state index contributed by atoms with van der Waals surface area (Å²) in [6.45, 7) is 4.56. The molecule has 64 valence electrons. The average Bonchev–Trinajstić information content (AvgIpc) is 1.94. The van der Waals surface area contributed by atoms with Crippen LogP contribution in [-0.4, -0.2) is 6.10 Å². The van der Waals surface area contributed by atoms with Gasteiger partial charge in [0.2, 0.25) is 0 Å². The van der Waals surface area contributed by atoms with Gasteiger partial charge < -0.3 is 0 Å². The molecule has 11 heavy (non-hydrogen) atoms. The molecule has 0 heterocycles. The summed E-state index contributed by atoms with van der Waals surface area (Å²) in [5.41, 5.74) is 0.478. The maximum absolute atomic E-state index is 10.2. The molecule has 1 rings (SSSR count). The van der Waals surface area contributed by atoms with Crippen LogP contribution in [0.3, 0.4) is 0 Å². The maximum atomic E-state index is 10.2. The largest absolute Gasteiger partial charge is 0.494 e. The van der Waals surface area contributed by atoms with Gasteiger partial charge in [0, 0.05) is 0 Å². The third-order valence-corrected chi connectivity index (χ3v) is 2.93. The van der Waals surface area contributed by atoms with E-state index < -0.39 is 8.69 Å². The molecular weight excluding hydrogens is 159 g/mol. The van der Waals surface area contributed by atoms with Crippen LogP contribution < -0.4 is 0 Å². The predicted octanol–water partition coefficient (Wildman–Crippen LogP) is 2.91. The lowest BCUT2D eigenvalue weighted by Gasteiger charge is -2.31. The van der Waals surface area contributed by atoms with Crippen molar-refractivity contribution in [2.45, 2.75) is 45.6 Å². The van der Waals surface area contributed by atoms with E-state index in [2.05, 4.69) is 13.8 Å². The van der Waals surface area contributed by atoms with E-state index in [-0.39, 0.29) is 6.10 Å². The highest BCUT2D eigenvalue weighted by Crippen LogP contribution is 2.36. The molecule has 1 atom stereocenters. The van der Waals surface area contributed by atoms with Crippen LogP contribution in [0.5, 0.6) is 0 Å². The smallest absolute Gasteiger partial charge is 0.145 e. The molecule has 0 aromatic rings. The third-order valence-electron chi connectivity index (χ3n) is 2.50. The van der Waals surface area contributed by atoms with E-state index in [4.69, 9.17) is 4.52 Å². The molecule has 0 spiro atoms. The molecule has 0 aliphatic heterocycles. The van der Waals surface area contributed by atoms with Crippen LogP contribution in [0.25, 0.3) is 0 Å². The first kappa shape index (κ1) is 9.15. The zero-order chi connectivity index (χ0) is 8.32. The van der Waals surface area contributed by atoms with Crippen molar-refractivity contribution in [3.8, 4) is 0 Å². The van der Waals surface area contributed by atoms with Gasteiger partial charge in [-0.05, 0) is 35.7 Å². The third kappa shape index (κ3) is 2.88. The van der Waals surface area contributed by atoms with Crippen molar-refractivity contribution in [1.82, 2.24) is 0 Å². The summed E-state index contributed by atoms with van der Waals surface area (Å²) in [6.07, 6.45) is 4.80. The van der Waals surface area contributed by atoms with Crippen molar-refractivity contribution < 1.29 is 9.09 Å². The SMILES string of the molecule is CC1(C)CCC(O[PH+]=O)CC1. The van der Waals surface area contributed by atoms with Crippen molar-refractivity contribution in [3.63, 3.8) is 0 Å². The molecule has 0 aromatic carbocycles. The van der Waals surface area contributed by atoms with E-state index >= 15 is 0 Å². The van der Waals surface area contributed by atoms with Crippen molar-refractivity contribution in [3.05, 3.63) is 0 Å². The second-order valence-electron chi connectivity index (χ2n) is 4.06. The van der Waals surface area contributed by atoms with E-state index in [1.807, 2.05) is 0 Å². The summed E-state index contributed by atoms with van der Waals surface area (Å²) in [5, 5.41) is 0. The fourth-order valence-corrected chi connectivity index (χ4v) is 1.93. The van der Waals surface area contributed by atoms with E-state index in [0.29, 0.717) is 5.41 Å². The summed E-state index contributed by atoms with van der Waals surface area (Å²) in [5.74, 6) is 0. The normalized spacial score (nSPS) is 25.6. The van der Waals surface area contributed by atoms with Crippen molar-refractivity contribution in [1.29, 1.82) is 0 Å². The number of rotatable bonds is 2. The molecule has 1 unspecified atom stereocenters. The Labute approximate surface area is 69.6 Å². The predicted molar refractivity (Wildman–Crippen MR) is 46.1 cm³/mol. The first-order valence-corrected chi connectivity index (χ1v) is 4.98.